The van der Waals surface area contributed by atoms with E-state index in [0.29, 0.717) is 0 Å². The summed E-state index contributed by atoms with van der Waals surface area (Å²) in [5.41, 5.74) is 0. The summed E-state index contributed by atoms with van der Waals surface area (Å²) in [6.07, 6.45) is 0. The summed E-state index contributed by atoms with van der Waals surface area (Å²) in [7, 11) is 0. The Kier molecular flexibility index (Phi) is 24.7. The highest BCUT2D eigenvalue weighted by Crippen LogP contribution is 1.84. The minimum absolute atomic E-state index is 0. The molecule has 0 fully saturated rings. The first-order valence-corrected chi connectivity index (χ1v) is 2.89. The lowest BCUT2D eigenvalue weighted by atomic mass is 10.6. The zero-order chi connectivity index (χ0) is 3.58. The van der Waals surface area contributed by atoms with Crippen LogP contribution in [0.3, 0.4) is 0 Å². The molecule has 0 aromatic heterocycles. The van der Waals surface area contributed by atoms with Gasteiger partial charge in [0, 0.05) is 0 Å². The highest BCUT2D eigenvalue weighted by Gasteiger charge is 1.70. The number of hydrogen-bond donors (Lipinski definition) is 0. The summed E-state index contributed by atoms with van der Waals surface area (Å²) >= 11 is 1.35. The molecule has 0 nitrogen and oxygen atoms in total. The van der Waals surface area contributed by atoms with E-state index < -0.39 is 0 Å². The molecular weight excluding hydrogens is 134 g/mol. The lowest BCUT2D eigenvalue weighted by molar-refractivity contribution is 1.08. The SMILES string of the molecule is C[CH](C)[AlH2].Cl.Cl. The molecule has 0 N–H and O–H groups in total. The van der Waals surface area contributed by atoms with Crippen molar-refractivity contribution in [3.63, 3.8) is 0 Å². The van der Waals surface area contributed by atoms with Crippen LogP contribution in [0.2, 0.25) is 4.78 Å². The van der Waals surface area contributed by atoms with Crippen LogP contribution in [0, 0.1) is 0 Å². The Morgan fingerprint density at radius 3 is 1.17 bits per heavy atom. The van der Waals surface area contributed by atoms with Crippen LogP contribution in [-0.2, 0) is 0 Å². The molecule has 0 atom stereocenters. The van der Waals surface area contributed by atoms with Crippen molar-refractivity contribution in [3.8, 4) is 0 Å². The second-order valence-corrected chi connectivity index (χ2v) is 4.04. The van der Waals surface area contributed by atoms with Crippen LogP contribution >= 0.6 is 24.8 Å². The van der Waals surface area contributed by atoms with E-state index in [0.717, 1.165) is 4.78 Å². The molecule has 6 heavy (non-hydrogen) atoms. The quantitative estimate of drug-likeness (QED) is 0.450. The average molecular weight is 145 g/mol. The van der Waals surface area contributed by atoms with E-state index in [1.165, 1.54) is 16.3 Å². The molecule has 0 saturated heterocycles. The molecule has 0 aliphatic heterocycles. The van der Waals surface area contributed by atoms with Gasteiger partial charge in [0.2, 0.25) is 16.3 Å². The summed E-state index contributed by atoms with van der Waals surface area (Å²) in [5.74, 6) is 0. The number of rotatable bonds is 0. The molecule has 0 amide bonds. The van der Waals surface area contributed by atoms with Gasteiger partial charge in [-0.2, -0.15) is 0 Å². The predicted octanol–water partition coefficient (Wildman–Crippen LogP) is 1.29. The summed E-state index contributed by atoms with van der Waals surface area (Å²) in [5, 5.41) is 0. The lowest BCUT2D eigenvalue weighted by Crippen LogP contribution is -1.67. The maximum absolute atomic E-state index is 2.23. The van der Waals surface area contributed by atoms with Crippen molar-refractivity contribution in [3.05, 3.63) is 0 Å². The van der Waals surface area contributed by atoms with Gasteiger partial charge >= 0.3 is 0 Å². The van der Waals surface area contributed by atoms with Crippen molar-refractivity contribution >= 4 is 41.1 Å². The highest BCUT2D eigenvalue weighted by molar-refractivity contribution is 6.10. The molecule has 0 aliphatic carbocycles. The minimum atomic E-state index is 0. The standard InChI is InChI=1S/C3H7.Al.2ClH.2H/c1-3-2;;;;;/h3H,1-2H3;;2*1H;;. The first-order chi connectivity index (χ1) is 1.73. The number of halogens is 2. The first-order valence-electron chi connectivity index (χ1n) is 1.73. The van der Waals surface area contributed by atoms with Gasteiger partial charge in [-0.05, 0) is 0 Å². The van der Waals surface area contributed by atoms with Crippen LogP contribution in [0.1, 0.15) is 13.8 Å². The van der Waals surface area contributed by atoms with E-state index in [1.54, 1.807) is 0 Å². The smallest absolute Gasteiger partial charge is 0.147 e. The molecular formula is C3H11AlCl2. The van der Waals surface area contributed by atoms with Gasteiger partial charge in [0.15, 0.2) is 0 Å². The molecule has 0 rings (SSSR count). The highest BCUT2D eigenvalue weighted by atomic mass is 35.5. The molecule has 0 saturated carbocycles. The fourth-order valence-electron chi connectivity index (χ4n) is 0. The fraction of sp³-hybridized carbons (Fsp3) is 1.00. The Bertz CT molecular complexity index is 13.5. The normalized spacial score (nSPS) is 5.83. The van der Waals surface area contributed by atoms with Crippen LogP contribution in [0.4, 0.5) is 0 Å². The topological polar surface area (TPSA) is 0 Å². The van der Waals surface area contributed by atoms with Gasteiger partial charge in [0.1, 0.15) is 0 Å². The summed E-state index contributed by atoms with van der Waals surface area (Å²) in [6, 6.07) is 0. The summed E-state index contributed by atoms with van der Waals surface area (Å²) < 4.78 is 0.972. The van der Waals surface area contributed by atoms with Crippen molar-refractivity contribution in [1.29, 1.82) is 0 Å². The molecule has 0 spiro atoms. The van der Waals surface area contributed by atoms with Gasteiger partial charge in [-0.3, -0.25) is 0 Å². The van der Waals surface area contributed by atoms with E-state index in [-0.39, 0.29) is 24.8 Å². The van der Waals surface area contributed by atoms with Crippen LogP contribution < -0.4 is 0 Å². The largest absolute Gasteiger partial charge is 0.215 e. The third kappa shape index (κ3) is 69.9. The van der Waals surface area contributed by atoms with Crippen molar-refractivity contribution in [2.75, 3.05) is 0 Å². The van der Waals surface area contributed by atoms with Gasteiger partial charge in [-0.25, -0.2) is 0 Å². The van der Waals surface area contributed by atoms with Gasteiger partial charge < -0.3 is 0 Å². The van der Waals surface area contributed by atoms with E-state index >= 15 is 0 Å². The van der Waals surface area contributed by atoms with Crippen molar-refractivity contribution in [1.82, 2.24) is 0 Å². The Labute approximate surface area is 59.9 Å². The maximum atomic E-state index is 2.23. The average Bonchev–Trinajstić information content (AvgIpc) is 0.811. The van der Waals surface area contributed by atoms with E-state index in [2.05, 4.69) is 13.8 Å². The van der Waals surface area contributed by atoms with E-state index in [4.69, 9.17) is 0 Å². The van der Waals surface area contributed by atoms with Gasteiger partial charge in [-0.15, -0.1) is 24.8 Å². The van der Waals surface area contributed by atoms with Crippen LogP contribution in [0.15, 0.2) is 0 Å². The molecule has 0 unspecified atom stereocenters. The third-order valence-electron chi connectivity index (χ3n) is 0. The van der Waals surface area contributed by atoms with E-state index in [1.807, 2.05) is 0 Å². The second-order valence-electron chi connectivity index (χ2n) is 1.73. The molecule has 0 heterocycles. The molecule has 3 heteroatoms. The summed E-state index contributed by atoms with van der Waals surface area (Å²) in [4.78, 5) is 0. The van der Waals surface area contributed by atoms with Gasteiger partial charge in [0.25, 0.3) is 0 Å². The Morgan fingerprint density at radius 1 is 1.17 bits per heavy atom. The summed E-state index contributed by atoms with van der Waals surface area (Å²) in [6.45, 7) is 4.46. The third-order valence-corrected chi connectivity index (χ3v) is 0. The van der Waals surface area contributed by atoms with Crippen LogP contribution in [0.25, 0.3) is 0 Å². The fourth-order valence-corrected chi connectivity index (χ4v) is 0. The molecule has 0 aromatic rings. The lowest BCUT2D eigenvalue weighted by Gasteiger charge is -1.77. The number of hydrogen-bond acceptors (Lipinski definition) is 0. The van der Waals surface area contributed by atoms with Gasteiger partial charge in [0.05, 0.1) is 0 Å². The minimum Gasteiger partial charge on any atom is -0.147 e. The zero-order valence-electron chi connectivity index (χ0n) is 4.39. The maximum Gasteiger partial charge on any atom is 0.215 e. The monoisotopic (exact) mass is 144 g/mol. The van der Waals surface area contributed by atoms with E-state index in [9.17, 15) is 0 Å². The van der Waals surface area contributed by atoms with Crippen LogP contribution in [0.5, 0.6) is 0 Å². The Balaban J connectivity index is -0.0000000450. The van der Waals surface area contributed by atoms with Gasteiger partial charge in [-0.1, -0.05) is 18.6 Å². The van der Waals surface area contributed by atoms with Crippen molar-refractivity contribution < 1.29 is 0 Å². The van der Waals surface area contributed by atoms with Crippen LogP contribution in [-0.4, -0.2) is 16.3 Å². The first kappa shape index (κ1) is 15.7. The second kappa shape index (κ2) is 9.45. The van der Waals surface area contributed by atoms with Crippen molar-refractivity contribution in [2.24, 2.45) is 0 Å². The molecule has 0 aromatic carbocycles. The zero-order valence-corrected chi connectivity index (χ0v) is 8.03. The van der Waals surface area contributed by atoms with Crippen molar-refractivity contribution in [2.45, 2.75) is 18.6 Å². The molecule has 0 bridgehead atoms. The Morgan fingerprint density at radius 2 is 1.17 bits per heavy atom. The Hall–Kier alpha value is 1.11. The molecule has 0 radical (unpaired) electrons. The molecule has 40 valence electrons. The predicted molar refractivity (Wildman–Crippen MR) is 38.1 cm³/mol. The molecule has 0 aliphatic rings.